The lowest BCUT2D eigenvalue weighted by Gasteiger charge is -2.26. The van der Waals surface area contributed by atoms with E-state index in [-0.39, 0.29) is 11.8 Å². The molecule has 0 saturated carbocycles. The van der Waals surface area contributed by atoms with Gasteiger partial charge in [0.15, 0.2) is 0 Å². The van der Waals surface area contributed by atoms with E-state index in [1.54, 1.807) is 7.11 Å². The highest BCUT2D eigenvalue weighted by Crippen LogP contribution is 2.37. The number of rotatable bonds is 2. The molecular formula is C17H17NO2. The fourth-order valence-electron chi connectivity index (χ4n) is 2.71. The Morgan fingerprint density at radius 3 is 2.60 bits per heavy atom. The first kappa shape index (κ1) is 12.7. The molecule has 1 N–H and O–H groups in total. The van der Waals surface area contributed by atoms with Crippen molar-refractivity contribution in [1.29, 1.82) is 0 Å². The van der Waals surface area contributed by atoms with Crippen LogP contribution in [0.1, 0.15) is 29.0 Å². The van der Waals surface area contributed by atoms with Crippen LogP contribution in [0.25, 0.3) is 0 Å². The first-order valence-electron chi connectivity index (χ1n) is 6.72. The summed E-state index contributed by atoms with van der Waals surface area (Å²) in [7, 11) is 1.65. The van der Waals surface area contributed by atoms with Gasteiger partial charge in [0.05, 0.1) is 7.11 Å². The van der Waals surface area contributed by atoms with Crippen molar-refractivity contribution in [2.45, 2.75) is 19.3 Å². The van der Waals surface area contributed by atoms with Gasteiger partial charge in [-0.1, -0.05) is 29.8 Å². The Morgan fingerprint density at radius 2 is 1.90 bits per heavy atom. The quantitative estimate of drug-likeness (QED) is 0.904. The van der Waals surface area contributed by atoms with Gasteiger partial charge in [0.1, 0.15) is 5.75 Å². The van der Waals surface area contributed by atoms with E-state index < -0.39 is 0 Å². The Hall–Kier alpha value is -2.29. The van der Waals surface area contributed by atoms with E-state index in [2.05, 4.69) is 18.3 Å². The molecule has 0 fully saturated rings. The molecule has 20 heavy (non-hydrogen) atoms. The largest absolute Gasteiger partial charge is 0.497 e. The molecule has 3 heteroatoms. The molecule has 0 bridgehead atoms. The summed E-state index contributed by atoms with van der Waals surface area (Å²) in [4.78, 5) is 11.9. The van der Waals surface area contributed by atoms with Crippen molar-refractivity contribution in [1.82, 2.24) is 0 Å². The highest BCUT2D eigenvalue weighted by atomic mass is 16.5. The number of methoxy groups -OCH3 is 1. The number of hydrogen-bond acceptors (Lipinski definition) is 2. The van der Waals surface area contributed by atoms with E-state index in [9.17, 15) is 4.79 Å². The molecule has 102 valence electrons. The van der Waals surface area contributed by atoms with Crippen LogP contribution in [0.2, 0.25) is 0 Å². The molecule has 1 atom stereocenters. The number of nitrogens with one attached hydrogen (secondary N) is 1. The van der Waals surface area contributed by atoms with Crippen LogP contribution in [-0.2, 0) is 4.79 Å². The zero-order valence-corrected chi connectivity index (χ0v) is 11.6. The molecule has 2 aromatic rings. The molecule has 0 aliphatic carbocycles. The second-order valence-corrected chi connectivity index (χ2v) is 5.17. The number of carbonyl (C=O) groups is 1. The second kappa shape index (κ2) is 5.00. The number of carbonyl (C=O) groups excluding carboxylic acids is 1. The molecule has 1 aliphatic heterocycles. The minimum Gasteiger partial charge on any atom is -0.497 e. The summed E-state index contributed by atoms with van der Waals surface area (Å²) in [6, 6.07) is 14.1. The monoisotopic (exact) mass is 267 g/mol. The molecule has 3 nitrogen and oxygen atoms in total. The van der Waals surface area contributed by atoms with Gasteiger partial charge in [0, 0.05) is 18.0 Å². The van der Waals surface area contributed by atoms with Gasteiger partial charge >= 0.3 is 0 Å². The molecule has 0 aromatic heterocycles. The Balaban J connectivity index is 2.04. The summed E-state index contributed by atoms with van der Waals surface area (Å²) in [5.41, 5.74) is 4.47. The van der Waals surface area contributed by atoms with Crippen molar-refractivity contribution in [2.24, 2.45) is 0 Å². The summed E-state index contributed by atoms with van der Waals surface area (Å²) in [5.74, 6) is 1.02. The van der Waals surface area contributed by atoms with Crippen LogP contribution < -0.4 is 10.1 Å². The topological polar surface area (TPSA) is 38.3 Å². The number of anilines is 1. The molecule has 1 aliphatic rings. The van der Waals surface area contributed by atoms with Crippen LogP contribution >= 0.6 is 0 Å². The summed E-state index contributed by atoms with van der Waals surface area (Å²) in [5, 5.41) is 2.95. The van der Waals surface area contributed by atoms with Crippen molar-refractivity contribution in [2.75, 3.05) is 12.4 Å². The maximum Gasteiger partial charge on any atom is 0.225 e. The van der Waals surface area contributed by atoms with Gasteiger partial charge < -0.3 is 10.1 Å². The maximum absolute atomic E-state index is 11.9. The van der Waals surface area contributed by atoms with Gasteiger partial charge in [0.25, 0.3) is 0 Å². The van der Waals surface area contributed by atoms with Gasteiger partial charge in [-0.15, -0.1) is 0 Å². The third kappa shape index (κ3) is 2.27. The summed E-state index contributed by atoms with van der Waals surface area (Å²) >= 11 is 0. The minimum atomic E-state index is 0.0715. The van der Waals surface area contributed by atoms with E-state index in [1.807, 2.05) is 36.4 Å². The van der Waals surface area contributed by atoms with E-state index in [0.717, 1.165) is 17.0 Å². The predicted molar refractivity (Wildman–Crippen MR) is 79.3 cm³/mol. The summed E-state index contributed by atoms with van der Waals surface area (Å²) in [6.07, 6.45) is 0.489. The molecule has 3 rings (SSSR count). The van der Waals surface area contributed by atoms with Gasteiger partial charge in [-0.3, -0.25) is 4.79 Å². The van der Waals surface area contributed by atoms with Gasteiger partial charge in [-0.25, -0.2) is 0 Å². The van der Waals surface area contributed by atoms with Crippen LogP contribution in [0.5, 0.6) is 5.75 Å². The lowest BCUT2D eigenvalue weighted by atomic mass is 9.84. The summed E-state index contributed by atoms with van der Waals surface area (Å²) in [6.45, 7) is 2.07. The highest BCUT2D eigenvalue weighted by Gasteiger charge is 2.26. The van der Waals surface area contributed by atoms with Crippen molar-refractivity contribution in [3.8, 4) is 5.75 Å². The molecule has 2 aromatic carbocycles. The van der Waals surface area contributed by atoms with Crippen LogP contribution in [0.3, 0.4) is 0 Å². The van der Waals surface area contributed by atoms with E-state index in [4.69, 9.17) is 4.74 Å². The van der Waals surface area contributed by atoms with E-state index in [1.165, 1.54) is 11.1 Å². The average molecular weight is 267 g/mol. The van der Waals surface area contributed by atoms with Gasteiger partial charge in [-0.2, -0.15) is 0 Å². The molecular weight excluding hydrogens is 250 g/mol. The number of hydrogen-bond donors (Lipinski definition) is 1. The number of aryl methyl sites for hydroxylation is 1. The Morgan fingerprint density at radius 1 is 1.15 bits per heavy atom. The number of fused-ring (bicyclic) bond motifs is 1. The number of benzene rings is 2. The maximum atomic E-state index is 11.9. The predicted octanol–water partition coefficient (Wildman–Crippen LogP) is 3.48. The minimum absolute atomic E-state index is 0.0715. The lowest BCUT2D eigenvalue weighted by Crippen LogP contribution is -2.23. The van der Waals surface area contributed by atoms with Crippen molar-refractivity contribution >= 4 is 11.6 Å². The Kier molecular flexibility index (Phi) is 3.18. The molecule has 1 unspecified atom stereocenters. The Labute approximate surface area is 118 Å². The van der Waals surface area contributed by atoms with Crippen molar-refractivity contribution < 1.29 is 9.53 Å². The lowest BCUT2D eigenvalue weighted by molar-refractivity contribution is -0.116. The van der Waals surface area contributed by atoms with Gasteiger partial charge in [-0.05, 0) is 36.2 Å². The zero-order valence-electron chi connectivity index (χ0n) is 11.6. The van der Waals surface area contributed by atoms with Crippen LogP contribution in [0, 0.1) is 6.92 Å². The first-order valence-corrected chi connectivity index (χ1v) is 6.72. The van der Waals surface area contributed by atoms with Crippen LogP contribution in [-0.4, -0.2) is 13.0 Å². The van der Waals surface area contributed by atoms with E-state index in [0.29, 0.717) is 6.42 Å². The van der Waals surface area contributed by atoms with E-state index >= 15 is 0 Å². The van der Waals surface area contributed by atoms with Crippen molar-refractivity contribution in [3.63, 3.8) is 0 Å². The van der Waals surface area contributed by atoms with Crippen LogP contribution in [0.15, 0.2) is 42.5 Å². The SMILES string of the molecule is COc1ccc(C2CC(=O)Nc3ccc(C)cc32)cc1. The standard InChI is InChI=1S/C17H17NO2/c1-11-3-8-16-15(9-11)14(10-17(19)18-16)12-4-6-13(20-2)7-5-12/h3-9,14H,10H2,1-2H3,(H,18,19). The highest BCUT2D eigenvalue weighted by molar-refractivity contribution is 5.95. The fourth-order valence-corrected chi connectivity index (χ4v) is 2.71. The molecule has 1 amide bonds. The molecule has 0 spiro atoms. The summed E-state index contributed by atoms with van der Waals surface area (Å²) < 4.78 is 5.19. The average Bonchev–Trinajstić information content (AvgIpc) is 2.47. The normalized spacial score (nSPS) is 17.3. The third-order valence-electron chi connectivity index (χ3n) is 3.76. The molecule has 1 heterocycles. The molecule has 0 radical (unpaired) electrons. The van der Waals surface area contributed by atoms with Gasteiger partial charge in [0.2, 0.25) is 5.91 Å². The van der Waals surface area contributed by atoms with Crippen LogP contribution in [0.4, 0.5) is 5.69 Å². The fraction of sp³-hybridized carbons (Fsp3) is 0.235. The Bertz CT molecular complexity index is 647. The second-order valence-electron chi connectivity index (χ2n) is 5.17. The molecule has 0 saturated heterocycles. The zero-order chi connectivity index (χ0) is 14.1. The first-order chi connectivity index (χ1) is 9.67. The van der Waals surface area contributed by atoms with Crippen molar-refractivity contribution in [3.05, 3.63) is 59.2 Å². The smallest absolute Gasteiger partial charge is 0.225 e. The number of amides is 1. The third-order valence-corrected chi connectivity index (χ3v) is 3.76. The number of ether oxygens (including phenoxy) is 1.